The first-order valence-electron chi connectivity index (χ1n) is 5.54. The molecule has 8 heteroatoms. The lowest BCUT2D eigenvalue weighted by molar-refractivity contribution is -0.115. The Balaban J connectivity index is 3.00. The number of hydrogen-bond acceptors (Lipinski definition) is 5. The molecule has 0 aliphatic carbocycles. The number of benzene rings is 1. The Labute approximate surface area is 115 Å². The number of anilines is 1. The molecule has 0 aromatic heterocycles. The van der Waals surface area contributed by atoms with Crippen LogP contribution in [0.15, 0.2) is 18.2 Å². The summed E-state index contributed by atoms with van der Waals surface area (Å²) in [7, 11) is -2.44. The monoisotopic (exact) mass is 303 g/mol. The molecule has 1 rings (SSSR count). The Kier molecular flexibility index (Phi) is 4.83. The van der Waals surface area contributed by atoms with Crippen molar-refractivity contribution >= 4 is 27.4 Å². The van der Waals surface area contributed by atoms with Gasteiger partial charge in [-0.2, -0.15) is 0 Å². The summed E-state index contributed by atoms with van der Waals surface area (Å²) in [4.78, 5) is 23.0. The summed E-state index contributed by atoms with van der Waals surface area (Å²) in [6, 6.07) is 3.27. The first-order chi connectivity index (χ1) is 9.16. The van der Waals surface area contributed by atoms with E-state index < -0.39 is 32.8 Å². The number of sulfone groups is 1. The lowest BCUT2D eigenvalue weighted by Crippen LogP contribution is -2.31. The highest BCUT2D eigenvalue weighted by Crippen LogP contribution is 2.16. The molecular formula is C12H14FNO5S. The molecule has 0 bridgehead atoms. The van der Waals surface area contributed by atoms with Crippen molar-refractivity contribution < 1.29 is 27.1 Å². The molecule has 1 aromatic rings. The summed E-state index contributed by atoms with van der Waals surface area (Å²) in [5.41, 5.74) is -0.246. The molecule has 0 heterocycles. The number of amides is 1. The van der Waals surface area contributed by atoms with Crippen LogP contribution < -0.4 is 5.32 Å². The Morgan fingerprint density at radius 3 is 2.45 bits per heavy atom. The number of halogens is 1. The largest absolute Gasteiger partial charge is 0.465 e. The third-order valence-corrected chi connectivity index (χ3v) is 4.15. The summed E-state index contributed by atoms with van der Waals surface area (Å²) < 4.78 is 40.3. The predicted molar refractivity (Wildman–Crippen MR) is 70.7 cm³/mol. The standard InChI is InChI=1S/C12H14FNO5S/c1-7(20(3,17)18)11(15)14-8-4-5-10(13)9(6-8)12(16)19-2/h4-7H,1-3H3,(H,14,15). The van der Waals surface area contributed by atoms with E-state index in [-0.39, 0.29) is 11.3 Å². The molecule has 20 heavy (non-hydrogen) atoms. The van der Waals surface area contributed by atoms with E-state index in [1.54, 1.807) is 0 Å². The smallest absolute Gasteiger partial charge is 0.340 e. The number of ether oxygens (including phenoxy) is 1. The molecular weight excluding hydrogens is 289 g/mol. The normalized spacial score (nSPS) is 12.6. The van der Waals surface area contributed by atoms with Crippen molar-refractivity contribution in [3.05, 3.63) is 29.6 Å². The van der Waals surface area contributed by atoms with Crippen molar-refractivity contribution in [2.45, 2.75) is 12.2 Å². The molecule has 1 unspecified atom stereocenters. The zero-order valence-electron chi connectivity index (χ0n) is 11.1. The van der Waals surface area contributed by atoms with Crippen molar-refractivity contribution in [3.63, 3.8) is 0 Å². The summed E-state index contributed by atoms with van der Waals surface area (Å²) in [6.07, 6.45) is 0.932. The second kappa shape index (κ2) is 6.00. The summed E-state index contributed by atoms with van der Waals surface area (Å²) >= 11 is 0. The molecule has 1 atom stereocenters. The SMILES string of the molecule is COC(=O)c1cc(NC(=O)C(C)S(C)(=O)=O)ccc1F. The number of carbonyl (C=O) groups is 2. The Morgan fingerprint density at radius 2 is 1.95 bits per heavy atom. The molecule has 1 N–H and O–H groups in total. The minimum absolute atomic E-state index is 0.104. The molecule has 110 valence electrons. The van der Waals surface area contributed by atoms with Gasteiger partial charge in [0.2, 0.25) is 5.91 Å². The zero-order valence-corrected chi connectivity index (χ0v) is 12.0. The fraction of sp³-hybridized carbons (Fsp3) is 0.333. The van der Waals surface area contributed by atoms with Crippen LogP contribution in [0.25, 0.3) is 0 Å². The van der Waals surface area contributed by atoms with Crippen LogP contribution in [0.1, 0.15) is 17.3 Å². The van der Waals surface area contributed by atoms with Crippen LogP contribution >= 0.6 is 0 Å². The quantitative estimate of drug-likeness (QED) is 0.838. The lowest BCUT2D eigenvalue weighted by atomic mass is 10.2. The van der Waals surface area contributed by atoms with Gasteiger partial charge in [-0.3, -0.25) is 4.79 Å². The van der Waals surface area contributed by atoms with Crippen molar-refractivity contribution in [2.75, 3.05) is 18.7 Å². The summed E-state index contributed by atoms with van der Waals surface area (Å²) in [5, 5.41) is 1.05. The van der Waals surface area contributed by atoms with Crippen LogP contribution in [-0.4, -0.2) is 38.9 Å². The van der Waals surface area contributed by atoms with Gasteiger partial charge in [0, 0.05) is 11.9 Å². The minimum Gasteiger partial charge on any atom is -0.465 e. The van der Waals surface area contributed by atoms with Gasteiger partial charge < -0.3 is 10.1 Å². The van der Waals surface area contributed by atoms with Gasteiger partial charge in [0.25, 0.3) is 0 Å². The van der Waals surface area contributed by atoms with Crippen LogP contribution in [0.3, 0.4) is 0 Å². The summed E-state index contributed by atoms with van der Waals surface area (Å²) in [6.45, 7) is 1.23. The van der Waals surface area contributed by atoms with Crippen molar-refractivity contribution in [2.24, 2.45) is 0 Å². The van der Waals surface area contributed by atoms with Gasteiger partial charge in [0.05, 0.1) is 12.7 Å². The average Bonchev–Trinajstić information content (AvgIpc) is 2.38. The van der Waals surface area contributed by atoms with Gasteiger partial charge >= 0.3 is 5.97 Å². The van der Waals surface area contributed by atoms with E-state index in [0.29, 0.717) is 0 Å². The minimum atomic E-state index is -3.54. The van der Waals surface area contributed by atoms with E-state index in [0.717, 1.165) is 25.5 Å². The van der Waals surface area contributed by atoms with E-state index in [1.807, 2.05) is 0 Å². The molecule has 0 radical (unpaired) electrons. The number of esters is 1. The lowest BCUT2D eigenvalue weighted by Gasteiger charge is -2.11. The third kappa shape index (κ3) is 3.77. The van der Waals surface area contributed by atoms with Gasteiger partial charge in [0.1, 0.15) is 11.1 Å². The molecule has 6 nitrogen and oxygen atoms in total. The van der Waals surface area contributed by atoms with Crippen LogP contribution in [0, 0.1) is 5.82 Å². The molecule has 1 amide bonds. The Bertz CT molecular complexity index is 641. The number of rotatable bonds is 4. The van der Waals surface area contributed by atoms with E-state index in [4.69, 9.17) is 0 Å². The molecule has 0 fully saturated rings. The van der Waals surface area contributed by atoms with E-state index >= 15 is 0 Å². The first kappa shape index (κ1) is 16.1. The Hall–Kier alpha value is -1.96. The van der Waals surface area contributed by atoms with Crippen molar-refractivity contribution in [3.8, 4) is 0 Å². The van der Waals surface area contributed by atoms with E-state index in [2.05, 4.69) is 10.1 Å². The third-order valence-electron chi connectivity index (χ3n) is 2.65. The maximum absolute atomic E-state index is 13.4. The number of methoxy groups -OCH3 is 1. The van der Waals surface area contributed by atoms with Crippen LogP contribution in [0.4, 0.5) is 10.1 Å². The predicted octanol–water partition coefficient (Wildman–Crippen LogP) is 0.984. The number of hydrogen-bond donors (Lipinski definition) is 1. The maximum atomic E-state index is 13.4. The van der Waals surface area contributed by atoms with Crippen LogP contribution in [0.2, 0.25) is 0 Å². The van der Waals surface area contributed by atoms with Crippen molar-refractivity contribution in [1.82, 2.24) is 0 Å². The molecule has 0 spiro atoms. The Morgan fingerprint density at radius 1 is 1.35 bits per heavy atom. The zero-order chi connectivity index (χ0) is 15.5. The second-order valence-electron chi connectivity index (χ2n) is 4.15. The molecule has 1 aromatic carbocycles. The number of nitrogens with one attached hydrogen (secondary N) is 1. The van der Waals surface area contributed by atoms with Gasteiger partial charge in [-0.15, -0.1) is 0 Å². The first-order valence-corrected chi connectivity index (χ1v) is 7.50. The molecule has 0 saturated carbocycles. The highest BCUT2D eigenvalue weighted by Gasteiger charge is 2.24. The van der Waals surface area contributed by atoms with E-state index in [1.165, 1.54) is 13.0 Å². The fourth-order valence-corrected chi connectivity index (χ4v) is 1.76. The number of carbonyl (C=O) groups excluding carboxylic acids is 2. The van der Waals surface area contributed by atoms with Gasteiger partial charge in [-0.25, -0.2) is 17.6 Å². The maximum Gasteiger partial charge on any atom is 0.340 e. The summed E-state index contributed by atoms with van der Waals surface area (Å²) in [5.74, 6) is -2.46. The molecule has 0 aliphatic heterocycles. The van der Waals surface area contributed by atoms with Crippen molar-refractivity contribution in [1.29, 1.82) is 0 Å². The second-order valence-corrected chi connectivity index (χ2v) is 6.51. The van der Waals surface area contributed by atoms with Gasteiger partial charge in [-0.1, -0.05) is 0 Å². The molecule has 0 saturated heterocycles. The van der Waals surface area contributed by atoms with E-state index in [9.17, 15) is 22.4 Å². The highest BCUT2D eigenvalue weighted by molar-refractivity contribution is 7.92. The highest BCUT2D eigenvalue weighted by atomic mass is 32.2. The van der Waals surface area contributed by atoms with Crippen LogP contribution in [0.5, 0.6) is 0 Å². The molecule has 0 aliphatic rings. The van der Waals surface area contributed by atoms with Crippen LogP contribution in [-0.2, 0) is 19.4 Å². The average molecular weight is 303 g/mol. The van der Waals surface area contributed by atoms with Gasteiger partial charge in [0.15, 0.2) is 9.84 Å². The topological polar surface area (TPSA) is 89.5 Å². The fourth-order valence-electron chi connectivity index (χ4n) is 1.31. The van der Waals surface area contributed by atoms with Gasteiger partial charge in [-0.05, 0) is 25.1 Å².